The topological polar surface area (TPSA) is 65.4 Å². The molecule has 31 heavy (non-hydrogen) atoms. The highest BCUT2D eigenvalue weighted by atomic mass is 32.2. The Bertz CT molecular complexity index is 931. The van der Waals surface area contributed by atoms with Crippen LogP contribution in [0.15, 0.2) is 12.4 Å². The molecule has 2 N–H and O–H groups in total. The number of likely N-dealkylation sites (N-methyl/N-ethyl adjacent to an activating group) is 1. The molecule has 9 heteroatoms. The van der Waals surface area contributed by atoms with Crippen LogP contribution in [0, 0.1) is 0 Å². The molecule has 1 saturated heterocycles. The number of likely N-dealkylation sites (tertiary alicyclic amines) is 1. The Morgan fingerprint density at radius 3 is 2.77 bits per heavy atom. The lowest BCUT2D eigenvalue weighted by Crippen LogP contribution is -2.45. The first kappa shape index (κ1) is 22.5. The minimum absolute atomic E-state index is 0.0131. The van der Waals surface area contributed by atoms with Crippen LogP contribution in [-0.4, -0.2) is 46.9 Å². The summed E-state index contributed by atoms with van der Waals surface area (Å²) in [6.07, 6.45) is 9.49. The van der Waals surface area contributed by atoms with Gasteiger partial charge in [-0.2, -0.15) is 5.10 Å². The lowest BCUT2D eigenvalue weighted by atomic mass is 9.92. The average molecular weight is 463 g/mol. The van der Waals surface area contributed by atoms with Crippen LogP contribution in [0.4, 0.5) is 16.2 Å². The summed E-state index contributed by atoms with van der Waals surface area (Å²) in [5, 5.41) is 7.54. The molecule has 0 aromatic carbocycles. The summed E-state index contributed by atoms with van der Waals surface area (Å²) in [6, 6.07) is 0.157. The Balaban J connectivity index is 1.48. The van der Waals surface area contributed by atoms with Crippen molar-refractivity contribution < 1.29 is 4.79 Å². The summed E-state index contributed by atoms with van der Waals surface area (Å²) in [6.45, 7) is 8.74. The van der Waals surface area contributed by atoms with E-state index in [1.165, 1.54) is 33.9 Å². The molecule has 1 aliphatic carbocycles. The summed E-state index contributed by atoms with van der Waals surface area (Å²) in [4.78, 5) is 18.0. The molecule has 0 radical (unpaired) electrons. The van der Waals surface area contributed by atoms with E-state index >= 15 is 0 Å². The molecular weight excluding hydrogens is 428 g/mol. The average Bonchev–Trinajstić information content (AvgIpc) is 3.39. The third kappa shape index (κ3) is 5.04. The van der Waals surface area contributed by atoms with Gasteiger partial charge in [0.25, 0.3) is 0 Å². The van der Waals surface area contributed by atoms with Gasteiger partial charge in [0.15, 0.2) is 0 Å². The molecule has 1 fully saturated rings. The number of piperidine rings is 1. The SMILES string of the molecule is CN1CCCC(N(SNC(=O)Nc2c(C(C)(C)C)sc3c2CCC3)c2cnn(C)c2)C1. The van der Waals surface area contributed by atoms with E-state index in [1.807, 2.05) is 30.8 Å². The fraction of sp³-hybridized carbons (Fsp3) is 0.636. The second kappa shape index (κ2) is 9.03. The Kier molecular flexibility index (Phi) is 6.55. The number of hydrogen-bond acceptors (Lipinski definition) is 6. The second-order valence-electron chi connectivity index (χ2n) is 9.72. The monoisotopic (exact) mass is 462 g/mol. The summed E-state index contributed by atoms with van der Waals surface area (Å²) >= 11 is 3.24. The molecule has 1 unspecified atom stereocenters. The summed E-state index contributed by atoms with van der Waals surface area (Å²) < 4.78 is 7.06. The lowest BCUT2D eigenvalue weighted by molar-refractivity contribution is 0.253. The Labute approximate surface area is 193 Å². The number of aryl methyl sites for hydroxylation is 2. The Hall–Kier alpha value is -1.71. The molecule has 2 aromatic heterocycles. The van der Waals surface area contributed by atoms with Crippen LogP contribution < -0.4 is 14.3 Å². The number of carbonyl (C=O) groups is 1. The first-order valence-corrected chi connectivity index (χ1v) is 12.7. The molecule has 7 nitrogen and oxygen atoms in total. The number of amides is 2. The van der Waals surface area contributed by atoms with Gasteiger partial charge in [-0.15, -0.1) is 11.3 Å². The molecule has 4 rings (SSSR count). The van der Waals surface area contributed by atoms with Crippen molar-refractivity contribution in [3.05, 3.63) is 27.7 Å². The lowest BCUT2D eigenvalue weighted by Gasteiger charge is -2.37. The number of hydrogen-bond donors (Lipinski definition) is 2. The van der Waals surface area contributed by atoms with Crippen molar-refractivity contribution in [2.24, 2.45) is 7.05 Å². The van der Waals surface area contributed by atoms with Crippen molar-refractivity contribution >= 4 is 40.9 Å². The molecule has 2 aliphatic rings. The highest BCUT2D eigenvalue weighted by Crippen LogP contribution is 2.44. The maximum atomic E-state index is 13.0. The number of fused-ring (bicyclic) bond motifs is 1. The van der Waals surface area contributed by atoms with E-state index in [2.05, 4.69) is 52.2 Å². The van der Waals surface area contributed by atoms with Crippen molar-refractivity contribution in [3.8, 4) is 0 Å². The van der Waals surface area contributed by atoms with Crippen molar-refractivity contribution in [3.63, 3.8) is 0 Å². The fourth-order valence-electron chi connectivity index (χ4n) is 4.49. The fourth-order valence-corrected chi connectivity index (χ4v) is 6.64. The quantitative estimate of drug-likeness (QED) is 0.638. The molecule has 3 heterocycles. The van der Waals surface area contributed by atoms with E-state index < -0.39 is 0 Å². The molecule has 2 amide bonds. The minimum Gasteiger partial charge on any atom is -0.306 e. The molecule has 1 atom stereocenters. The van der Waals surface area contributed by atoms with Gasteiger partial charge in [0.2, 0.25) is 0 Å². The predicted molar refractivity (Wildman–Crippen MR) is 131 cm³/mol. The van der Waals surface area contributed by atoms with Gasteiger partial charge in [-0.05, 0) is 56.7 Å². The van der Waals surface area contributed by atoms with Crippen molar-refractivity contribution in [2.75, 3.05) is 29.8 Å². The van der Waals surface area contributed by atoms with Crippen molar-refractivity contribution in [1.29, 1.82) is 0 Å². The zero-order valence-electron chi connectivity index (χ0n) is 19.2. The number of carbonyl (C=O) groups excluding carboxylic acids is 1. The van der Waals surface area contributed by atoms with Crippen molar-refractivity contribution in [2.45, 2.75) is 64.3 Å². The van der Waals surface area contributed by atoms with Crippen molar-refractivity contribution in [1.82, 2.24) is 19.4 Å². The van der Waals surface area contributed by atoms with Crippen LogP contribution >= 0.6 is 23.5 Å². The van der Waals surface area contributed by atoms with Gasteiger partial charge in [0.05, 0.1) is 35.7 Å². The molecule has 1 aliphatic heterocycles. The number of rotatable bonds is 5. The molecule has 0 bridgehead atoms. The van der Waals surface area contributed by atoms with Gasteiger partial charge in [0, 0.05) is 29.5 Å². The van der Waals surface area contributed by atoms with Crippen LogP contribution in [0.5, 0.6) is 0 Å². The number of nitrogens with one attached hydrogen (secondary N) is 2. The third-order valence-corrected chi connectivity index (χ3v) is 8.65. The smallest absolute Gasteiger partial charge is 0.306 e. The molecular formula is C22H34N6OS2. The van der Waals surface area contributed by atoms with Gasteiger partial charge >= 0.3 is 6.03 Å². The Morgan fingerprint density at radius 2 is 2.10 bits per heavy atom. The maximum absolute atomic E-state index is 13.0. The van der Waals surface area contributed by atoms with Crippen LogP contribution in [0.25, 0.3) is 0 Å². The summed E-state index contributed by atoms with van der Waals surface area (Å²) in [7, 11) is 4.08. The number of nitrogens with zero attached hydrogens (tertiary/aromatic N) is 4. The van der Waals surface area contributed by atoms with Crippen LogP contribution in [0.2, 0.25) is 0 Å². The molecule has 0 spiro atoms. The first-order valence-electron chi connectivity index (χ1n) is 11.1. The zero-order chi connectivity index (χ0) is 22.2. The number of anilines is 2. The Morgan fingerprint density at radius 1 is 1.29 bits per heavy atom. The number of urea groups is 1. The normalized spacial score (nSPS) is 19.3. The number of thiophene rings is 1. The zero-order valence-corrected chi connectivity index (χ0v) is 20.8. The van der Waals surface area contributed by atoms with Crippen LogP contribution in [-0.2, 0) is 25.3 Å². The van der Waals surface area contributed by atoms with Gasteiger partial charge < -0.3 is 10.2 Å². The van der Waals surface area contributed by atoms with Gasteiger partial charge in [-0.25, -0.2) is 4.79 Å². The van der Waals surface area contributed by atoms with E-state index in [0.717, 1.165) is 50.1 Å². The number of aromatic nitrogens is 2. The largest absolute Gasteiger partial charge is 0.330 e. The van der Waals surface area contributed by atoms with Crippen LogP contribution in [0.3, 0.4) is 0 Å². The van der Waals surface area contributed by atoms with E-state index in [0.29, 0.717) is 6.04 Å². The van der Waals surface area contributed by atoms with E-state index in [1.54, 1.807) is 4.68 Å². The minimum atomic E-state index is -0.166. The van der Waals surface area contributed by atoms with Gasteiger partial charge in [-0.3, -0.25) is 13.7 Å². The first-order chi connectivity index (χ1) is 14.7. The van der Waals surface area contributed by atoms with Gasteiger partial charge in [0.1, 0.15) is 0 Å². The highest BCUT2D eigenvalue weighted by Gasteiger charge is 2.30. The molecule has 2 aromatic rings. The summed E-state index contributed by atoms with van der Waals surface area (Å²) in [5.74, 6) is 0. The molecule has 170 valence electrons. The maximum Gasteiger partial charge on any atom is 0.330 e. The van der Waals surface area contributed by atoms with E-state index in [9.17, 15) is 4.79 Å². The van der Waals surface area contributed by atoms with E-state index in [4.69, 9.17) is 0 Å². The predicted octanol–water partition coefficient (Wildman–Crippen LogP) is 4.55. The highest BCUT2D eigenvalue weighted by molar-refractivity contribution is 7.99. The van der Waals surface area contributed by atoms with Gasteiger partial charge in [-0.1, -0.05) is 20.8 Å². The van der Waals surface area contributed by atoms with Crippen LogP contribution in [0.1, 0.15) is 55.4 Å². The summed E-state index contributed by atoms with van der Waals surface area (Å²) in [5.41, 5.74) is 3.40. The molecule has 0 saturated carbocycles. The second-order valence-corrected chi connectivity index (χ2v) is 11.6. The third-order valence-electron chi connectivity index (χ3n) is 5.95. The van der Waals surface area contributed by atoms with E-state index in [-0.39, 0.29) is 11.4 Å². The standard InChI is InChI=1S/C22H34N6OS2/c1-22(2,3)20-19(17-9-6-10-18(17)30-20)24-21(29)25-31-28(16-12-23-27(5)14-16)15-8-7-11-26(4)13-15/h12,14-15H,6-11,13H2,1-5H3,(H2,24,25,29).